The van der Waals surface area contributed by atoms with Crippen LogP contribution in [-0.4, -0.2) is 10.7 Å². The van der Waals surface area contributed by atoms with Crippen LogP contribution in [0.25, 0.3) is 0 Å². The van der Waals surface area contributed by atoms with Gasteiger partial charge in [-0.05, 0) is 30.7 Å². The highest BCUT2D eigenvalue weighted by Crippen LogP contribution is 2.25. The van der Waals surface area contributed by atoms with Crippen molar-refractivity contribution in [1.82, 2.24) is 0 Å². The van der Waals surface area contributed by atoms with E-state index in [1.807, 2.05) is 0 Å². The van der Waals surface area contributed by atoms with Gasteiger partial charge in [0.2, 0.25) is 0 Å². The molecule has 0 fully saturated rings. The first-order chi connectivity index (χ1) is 9.95. The summed E-state index contributed by atoms with van der Waals surface area (Å²) in [6.07, 6.45) is 0. The van der Waals surface area contributed by atoms with E-state index in [0.29, 0.717) is 16.9 Å². The highest BCUT2D eigenvalue weighted by molar-refractivity contribution is 7.98. The number of benzene rings is 2. The fourth-order valence-electron chi connectivity index (χ4n) is 1.77. The zero-order chi connectivity index (χ0) is 15.4. The maximum atomic E-state index is 13.3. The summed E-state index contributed by atoms with van der Waals surface area (Å²) in [6, 6.07) is 10.6. The molecule has 0 atom stereocenters. The first-order valence-electron chi connectivity index (χ1n) is 6.13. The monoisotopic (exact) mass is 305 g/mol. The summed E-state index contributed by atoms with van der Waals surface area (Å²) in [5.74, 6) is -0.211. The molecule has 2 rings (SSSR count). The Balaban J connectivity index is 2.09. The lowest BCUT2D eigenvalue weighted by atomic mass is 10.2. The van der Waals surface area contributed by atoms with E-state index in [-0.39, 0.29) is 11.5 Å². The van der Waals surface area contributed by atoms with Crippen molar-refractivity contribution in [2.24, 2.45) is 0 Å². The Bertz CT molecular complexity index is 686. The first-order valence-corrected chi connectivity index (χ1v) is 7.12. The van der Waals surface area contributed by atoms with E-state index in [1.54, 1.807) is 24.3 Å². The summed E-state index contributed by atoms with van der Waals surface area (Å²) >= 11 is 1.42. The molecule has 0 N–H and O–H groups in total. The molecule has 2 aromatic rings. The van der Waals surface area contributed by atoms with E-state index in [0.717, 1.165) is 11.0 Å². The maximum absolute atomic E-state index is 13.3. The molecule has 0 amide bonds. The molecule has 0 aliphatic rings. The third-order valence-electron chi connectivity index (χ3n) is 2.82. The van der Waals surface area contributed by atoms with Crippen LogP contribution in [0.1, 0.15) is 22.8 Å². The maximum Gasteiger partial charge on any atom is 0.272 e. The molecule has 4 nitrogen and oxygen atoms in total. The fraction of sp³-hybridized carbons (Fsp3) is 0.133. The number of hydrogen-bond donors (Lipinski definition) is 0. The molecular formula is C15H12FNO3S. The molecule has 0 bridgehead atoms. The van der Waals surface area contributed by atoms with Gasteiger partial charge in [0.05, 0.1) is 11.0 Å². The van der Waals surface area contributed by atoms with Crippen molar-refractivity contribution in [2.45, 2.75) is 17.6 Å². The molecule has 0 saturated carbocycles. The van der Waals surface area contributed by atoms with Gasteiger partial charge in [-0.1, -0.05) is 12.1 Å². The smallest absolute Gasteiger partial charge is 0.272 e. The number of carbonyl (C=O) groups is 1. The third-order valence-corrected chi connectivity index (χ3v) is 3.90. The van der Waals surface area contributed by atoms with Crippen LogP contribution in [0.3, 0.4) is 0 Å². The Kier molecular flexibility index (Phi) is 4.70. The van der Waals surface area contributed by atoms with Crippen molar-refractivity contribution in [3.05, 3.63) is 69.5 Å². The Morgan fingerprint density at radius 1 is 1.24 bits per heavy atom. The van der Waals surface area contributed by atoms with E-state index in [9.17, 15) is 19.3 Å². The second kappa shape index (κ2) is 6.49. The summed E-state index contributed by atoms with van der Waals surface area (Å²) in [4.78, 5) is 22.1. The topological polar surface area (TPSA) is 60.2 Å². The quantitative estimate of drug-likeness (QED) is 0.359. The lowest BCUT2D eigenvalue weighted by molar-refractivity contribution is -0.385. The molecule has 0 aliphatic heterocycles. The summed E-state index contributed by atoms with van der Waals surface area (Å²) in [6.45, 7) is 1.49. The molecule has 6 heteroatoms. The van der Waals surface area contributed by atoms with Gasteiger partial charge in [0.25, 0.3) is 5.69 Å². The zero-order valence-corrected chi connectivity index (χ0v) is 12.0. The number of nitrogens with zero attached hydrogens (tertiary/aromatic N) is 1. The lowest BCUT2D eigenvalue weighted by Crippen LogP contribution is -1.92. The number of Topliss-reactive ketones (excluding diaryl/α,β-unsaturated/α-hetero) is 1. The number of hydrogen-bond acceptors (Lipinski definition) is 4. The molecule has 21 heavy (non-hydrogen) atoms. The largest absolute Gasteiger partial charge is 0.295 e. The Morgan fingerprint density at radius 2 is 1.90 bits per heavy atom. The molecule has 0 unspecified atom stereocenters. The fourth-order valence-corrected chi connectivity index (χ4v) is 2.60. The highest BCUT2D eigenvalue weighted by atomic mass is 32.2. The van der Waals surface area contributed by atoms with Gasteiger partial charge in [-0.15, -0.1) is 11.8 Å². The summed E-state index contributed by atoms with van der Waals surface area (Å²) in [5.41, 5.74) is 0.917. The van der Waals surface area contributed by atoms with Crippen molar-refractivity contribution in [2.75, 3.05) is 0 Å². The van der Waals surface area contributed by atoms with Gasteiger partial charge < -0.3 is 0 Å². The number of nitro groups is 1. The number of non-ortho nitro benzene ring substituents is 1. The summed E-state index contributed by atoms with van der Waals surface area (Å²) in [5, 5.41) is 10.7. The van der Waals surface area contributed by atoms with Crippen LogP contribution in [0.15, 0.2) is 47.4 Å². The van der Waals surface area contributed by atoms with Gasteiger partial charge >= 0.3 is 0 Å². The van der Waals surface area contributed by atoms with E-state index >= 15 is 0 Å². The first kappa shape index (κ1) is 15.2. The van der Waals surface area contributed by atoms with Gasteiger partial charge in [0, 0.05) is 22.3 Å². The minimum atomic E-state index is -0.619. The van der Waals surface area contributed by atoms with Crippen LogP contribution in [0.4, 0.5) is 10.1 Å². The van der Waals surface area contributed by atoms with Crippen molar-refractivity contribution in [3.63, 3.8) is 0 Å². The van der Waals surface area contributed by atoms with Crippen molar-refractivity contribution >= 4 is 23.2 Å². The van der Waals surface area contributed by atoms with Gasteiger partial charge in [-0.2, -0.15) is 0 Å². The van der Waals surface area contributed by atoms with Crippen LogP contribution in [0, 0.1) is 15.9 Å². The minimum Gasteiger partial charge on any atom is -0.295 e. The molecule has 0 saturated heterocycles. The van der Waals surface area contributed by atoms with E-state index in [2.05, 4.69) is 0 Å². The highest BCUT2D eigenvalue weighted by Gasteiger charge is 2.10. The molecule has 0 aromatic heterocycles. The number of thioether (sulfide) groups is 1. The molecule has 0 spiro atoms. The van der Waals surface area contributed by atoms with Gasteiger partial charge in [-0.25, -0.2) is 4.39 Å². The molecule has 2 aromatic carbocycles. The van der Waals surface area contributed by atoms with Crippen LogP contribution in [0.2, 0.25) is 0 Å². The lowest BCUT2D eigenvalue weighted by Gasteiger charge is -2.04. The van der Waals surface area contributed by atoms with Crippen LogP contribution in [-0.2, 0) is 5.75 Å². The van der Waals surface area contributed by atoms with Gasteiger partial charge in [0.1, 0.15) is 5.82 Å². The Labute approximate surface area is 125 Å². The SMILES string of the molecule is CC(=O)c1ccc(SCc2cc(F)cc([N+](=O)[O-])c2)cc1. The average Bonchev–Trinajstić information content (AvgIpc) is 2.45. The summed E-state index contributed by atoms with van der Waals surface area (Å²) < 4.78 is 13.3. The average molecular weight is 305 g/mol. The Morgan fingerprint density at radius 3 is 2.48 bits per heavy atom. The number of halogens is 1. The van der Waals surface area contributed by atoms with Crippen molar-refractivity contribution in [1.29, 1.82) is 0 Å². The molecule has 0 aliphatic carbocycles. The molecule has 0 radical (unpaired) electrons. The van der Waals surface area contributed by atoms with Gasteiger partial charge in [0.15, 0.2) is 5.78 Å². The standard InChI is InChI=1S/C15H12FNO3S/c1-10(18)12-2-4-15(5-3-12)21-9-11-6-13(16)8-14(7-11)17(19)20/h2-8H,9H2,1H3. The minimum absolute atomic E-state index is 0.00712. The van der Waals surface area contributed by atoms with E-state index < -0.39 is 10.7 Å². The predicted octanol–water partition coefficient (Wildman–Crippen LogP) is 4.23. The van der Waals surface area contributed by atoms with Crippen LogP contribution in [0.5, 0.6) is 0 Å². The van der Waals surface area contributed by atoms with Crippen LogP contribution >= 0.6 is 11.8 Å². The normalized spacial score (nSPS) is 10.4. The van der Waals surface area contributed by atoms with E-state index in [4.69, 9.17) is 0 Å². The second-order valence-corrected chi connectivity index (χ2v) is 5.49. The molecule has 108 valence electrons. The predicted molar refractivity (Wildman–Crippen MR) is 79.1 cm³/mol. The summed E-state index contributed by atoms with van der Waals surface area (Å²) in [7, 11) is 0. The van der Waals surface area contributed by atoms with Crippen LogP contribution < -0.4 is 0 Å². The zero-order valence-electron chi connectivity index (χ0n) is 11.2. The third kappa shape index (κ3) is 4.13. The second-order valence-electron chi connectivity index (χ2n) is 4.44. The number of ketones is 1. The Hall–Kier alpha value is -2.21. The number of rotatable bonds is 5. The van der Waals surface area contributed by atoms with Crippen molar-refractivity contribution in [3.8, 4) is 0 Å². The molecule has 0 heterocycles. The van der Waals surface area contributed by atoms with Crippen molar-refractivity contribution < 1.29 is 14.1 Å². The number of nitro benzene ring substituents is 1. The number of carbonyl (C=O) groups excluding carboxylic acids is 1. The molecular weight excluding hydrogens is 293 g/mol. The van der Waals surface area contributed by atoms with Gasteiger partial charge in [-0.3, -0.25) is 14.9 Å². The van der Waals surface area contributed by atoms with E-state index in [1.165, 1.54) is 30.8 Å².